The lowest BCUT2D eigenvalue weighted by Crippen LogP contribution is -2.35. The van der Waals surface area contributed by atoms with Gasteiger partial charge in [-0.15, -0.1) is 0 Å². The molecule has 0 aromatic carbocycles. The molecule has 1 aromatic heterocycles. The minimum Gasteiger partial charge on any atom is -0.618 e. The first kappa shape index (κ1) is 9.04. The van der Waals surface area contributed by atoms with Gasteiger partial charge in [0.2, 0.25) is 0 Å². The van der Waals surface area contributed by atoms with Gasteiger partial charge in [-0.1, -0.05) is 13.8 Å². The van der Waals surface area contributed by atoms with E-state index < -0.39 is 0 Å². The topological polar surface area (TPSA) is 26.9 Å². The quantitative estimate of drug-likeness (QED) is 0.487. The molecule has 1 heterocycles. The third-order valence-electron chi connectivity index (χ3n) is 2.28. The fraction of sp³-hybridized carbons (Fsp3) is 0.500. The molecule has 2 nitrogen and oxygen atoms in total. The number of rotatable bonds is 2. The van der Waals surface area contributed by atoms with Gasteiger partial charge in [0.1, 0.15) is 0 Å². The second-order valence-corrected chi connectivity index (χ2v) is 3.20. The molecular weight excluding hydrogens is 150 g/mol. The van der Waals surface area contributed by atoms with Crippen molar-refractivity contribution in [1.82, 2.24) is 0 Å². The molecule has 1 rings (SSSR count). The summed E-state index contributed by atoms with van der Waals surface area (Å²) in [7, 11) is 0. The smallest absolute Gasteiger partial charge is 0.195 e. The second kappa shape index (κ2) is 3.57. The molecule has 0 bridgehead atoms. The van der Waals surface area contributed by atoms with E-state index in [0.717, 1.165) is 22.5 Å². The van der Waals surface area contributed by atoms with Gasteiger partial charge >= 0.3 is 0 Å². The van der Waals surface area contributed by atoms with Gasteiger partial charge in [-0.05, 0) is 12.5 Å². The predicted molar refractivity (Wildman–Crippen MR) is 48.8 cm³/mol. The average molecular weight is 165 g/mol. The predicted octanol–water partition coefficient (Wildman–Crippen LogP) is 2.14. The number of aryl methyl sites for hydroxylation is 1. The lowest BCUT2D eigenvalue weighted by molar-refractivity contribution is -0.622. The van der Waals surface area contributed by atoms with Crippen LogP contribution in [-0.2, 0) is 0 Å². The maximum absolute atomic E-state index is 11.5. The molecular formula is C10H15NO. The van der Waals surface area contributed by atoms with Crippen LogP contribution in [0.4, 0.5) is 0 Å². The van der Waals surface area contributed by atoms with Gasteiger partial charge in [-0.25, -0.2) is 0 Å². The first-order valence-corrected chi connectivity index (χ1v) is 4.36. The van der Waals surface area contributed by atoms with E-state index in [1.807, 2.05) is 25.1 Å². The lowest BCUT2D eigenvalue weighted by atomic mass is 10.0. The average Bonchev–Trinajstić information content (AvgIpc) is 2.08. The Hall–Kier alpha value is -1.05. The van der Waals surface area contributed by atoms with E-state index in [4.69, 9.17) is 0 Å². The van der Waals surface area contributed by atoms with Crippen LogP contribution in [0.5, 0.6) is 0 Å². The molecule has 0 radical (unpaired) electrons. The van der Waals surface area contributed by atoms with Crippen molar-refractivity contribution in [3.05, 3.63) is 34.8 Å². The van der Waals surface area contributed by atoms with E-state index in [-0.39, 0.29) is 0 Å². The van der Waals surface area contributed by atoms with E-state index in [2.05, 4.69) is 13.8 Å². The van der Waals surface area contributed by atoms with Gasteiger partial charge in [0.25, 0.3) is 0 Å². The summed E-state index contributed by atoms with van der Waals surface area (Å²) in [5.74, 6) is 0.349. The molecule has 0 aliphatic heterocycles. The first-order chi connectivity index (χ1) is 5.66. The first-order valence-electron chi connectivity index (χ1n) is 4.36. The van der Waals surface area contributed by atoms with Crippen molar-refractivity contribution in [2.24, 2.45) is 0 Å². The molecule has 0 spiro atoms. The molecule has 0 N–H and O–H groups in total. The zero-order valence-electron chi connectivity index (χ0n) is 7.87. The van der Waals surface area contributed by atoms with Crippen molar-refractivity contribution in [3.8, 4) is 0 Å². The molecule has 0 aliphatic rings. The molecule has 2 heteroatoms. The highest BCUT2D eigenvalue weighted by Gasteiger charge is 2.13. The maximum atomic E-state index is 11.5. The van der Waals surface area contributed by atoms with Crippen molar-refractivity contribution < 1.29 is 4.73 Å². The van der Waals surface area contributed by atoms with Crippen LogP contribution in [0.25, 0.3) is 0 Å². The monoisotopic (exact) mass is 165 g/mol. The molecule has 0 fully saturated rings. The zero-order valence-corrected chi connectivity index (χ0v) is 7.87. The Morgan fingerprint density at radius 2 is 2.17 bits per heavy atom. The Balaban J connectivity index is 3.07. The Morgan fingerprint density at radius 1 is 1.50 bits per heavy atom. The summed E-state index contributed by atoms with van der Waals surface area (Å²) in [6.45, 7) is 6.00. The molecule has 0 amide bonds. The maximum Gasteiger partial charge on any atom is 0.195 e. The van der Waals surface area contributed by atoms with Crippen molar-refractivity contribution >= 4 is 0 Å². The van der Waals surface area contributed by atoms with Crippen molar-refractivity contribution in [2.45, 2.75) is 33.1 Å². The highest BCUT2D eigenvalue weighted by molar-refractivity contribution is 5.06. The summed E-state index contributed by atoms with van der Waals surface area (Å²) >= 11 is 0. The second-order valence-electron chi connectivity index (χ2n) is 3.20. The van der Waals surface area contributed by atoms with Crippen molar-refractivity contribution in [2.75, 3.05) is 0 Å². The van der Waals surface area contributed by atoms with Crippen LogP contribution in [0.1, 0.15) is 37.6 Å². The molecule has 0 saturated carbocycles. The minimum atomic E-state index is 0.349. The normalized spacial score (nSPS) is 12.9. The Kier molecular flexibility index (Phi) is 2.69. The molecule has 1 aromatic rings. The molecule has 12 heavy (non-hydrogen) atoms. The zero-order chi connectivity index (χ0) is 9.14. The molecule has 1 unspecified atom stereocenters. The molecule has 0 aliphatic carbocycles. The van der Waals surface area contributed by atoms with E-state index in [9.17, 15) is 5.21 Å². The summed E-state index contributed by atoms with van der Waals surface area (Å²) in [5, 5.41) is 11.5. The van der Waals surface area contributed by atoms with E-state index >= 15 is 0 Å². The van der Waals surface area contributed by atoms with E-state index in [1.54, 1.807) is 0 Å². The van der Waals surface area contributed by atoms with Crippen LogP contribution in [0.2, 0.25) is 0 Å². The van der Waals surface area contributed by atoms with Gasteiger partial charge in [-0.2, -0.15) is 4.73 Å². The van der Waals surface area contributed by atoms with Gasteiger partial charge in [0.15, 0.2) is 11.4 Å². The van der Waals surface area contributed by atoms with Crippen LogP contribution in [0, 0.1) is 12.1 Å². The number of hydrogen-bond donors (Lipinski definition) is 0. The number of hydrogen-bond acceptors (Lipinski definition) is 1. The SMILES string of the molecule is CCC(C)c1cccc(C)[n+]1[O-]. The molecule has 1 atom stereocenters. The third-order valence-corrected chi connectivity index (χ3v) is 2.28. The highest BCUT2D eigenvalue weighted by Crippen LogP contribution is 2.14. The van der Waals surface area contributed by atoms with Crippen LogP contribution in [-0.4, -0.2) is 0 Å². The standard InChI is InChI=1S/C10H15NO/c1-4-8(2)10-7-5-6-9(3)11(10)12/h5-8H,4H2,1-3H3. The Labute approximate surface area is 73.4 Å². The van der Waals surface area contributed by atoms with Gasteiger partial charge in [0.05, 0.1) is 0 Å². The van der Waals surface area contributed by atoms with Crippen LogP contribution in [0.3, 0.4) is 0 Å². The van der Waals surface area contributed by atoms with Crippen LogP contribution >= 0.6 is 0 Å². The fourth-order valence-corrected chi connectivity index (χ4v) is 1.20. The van der Waals surface area contributed by atoms with Crippen LogP contribution in [0.15, 0.2) is 18.2 Å². The number of aromatic nitrogens is 1. The largest absolute Gasteiger partial charge is 0.618 e. The lowest BCUT2D eigenvalue weighted by Gasteiger charge is -2.10. The Bertz CT molecular complexity index is 271. The fourth-order valence-electron chi connectivity index (χ4n) is 1.20. The van der Waals surface area contributed by atoms with Gasteiger partial charge < -0.3 is 5.21 Å². The summed E-state index contributed by atoms with van der Waals surface area (Å²) in [6, 6.07) is 5.66. The number of nitrogens with zero attached hydrogens (tertiary/aromatic N) is 1. The highest BCUT2D eigenvalue weighted by atomic mass is 16.5. The summed E-state index contributed by atoms with van der Waals surface area (Å²) in [4.78, 5) is 0. The molecule has 0 saturated heterocycles. The van der Waals surface area contributed by atoms with Crippen LogP contribution < -0.4 is 4.73 Å². The van der Waals surface area contributed by atoms with Crippen molar-refractivity contribution in [1.29, 1.82) is 0 Å². The minimum absolute atomic E-state index is 0.349. The molecule has 66 valence electrons. The summed E-state index contributed by atoms with van der Waals surface area (Å²) in [5.41, 5.74) is 1.64. The van der Waals surface area contributed by atoms with Crippen molar-refractivity contribution in [3.63, 3.8) is 0 Å². The van der Waals surface area contributed by atoms with E-state index in [0.29, 0.717) is 5.92 Å². The number of pyridine rings is 1. The van der Waals surface area contributed by atoms with Gasteiger partial charge in [-0.3, -0.25) is 0 Å². The van der Waals surface area contributed by atoms with E-state index in [1.165, 1.54) is 0 Å². The third kappa shape index (κ3) is 1.58. The summed E-state index contributed by atoms with van der Waals surface area (Å²) < 4.78 is 1.02. The van der Waals surface area contributed by atoms with Gasteiger partial charge in [0, 0.05) is 25.0 Å². The Morgan fingerprint density at radius 3 is 2.75 bits per heavy atom. The summed E-state index contributed by atoms with van der Waals surface area (Å²) in [6.07, 6.45) is 1.01.